The normalized spacial score (nSPS) is 11.4. The number of carbonyl (C=O) groups excluding carboxylic acids is 1. The van der Waals surface area contributed by atoms with Gasteiger partial charge in [-0.05, 0) is 27.7 Å². The summed E-state index contributed by atoms with van der Waals surface area (Å²) in [6, 6.07) is 0. The Balaban J connectivity index is 2.72. The maximum atomic E-state index is 11.8. The van der Waals surface area contributed by atoms with E-state index in [1.807, 2.05) is 27.7 Å². The summed E-state index contributed by atoms with van der Waals surface area (Å²) in [4.78, 5) is 26.6. The van der Waals surface area contributed by atoms with Gasteiger partial charge in [-0.2, -0.15) is 0 Å². The molecule has 1 amide bonds. The topological polar surface area (TPSA) is 84.2 Å². The molecule has 1 rings (SSSR count). The molecule has 7 heteroatoms. The molecule has 0 aromatic carbocycles. The number of nitrogens with zero attached hydrogens (tertiary/aromatic N) is 2. The number of thioether (sulfide) groups is 1. The van der Waals surface area contributed by atoms with E-state index in [0.717, 1.165) is 17.5 Å². The van der Waals surface area contributed by atoms with Gasteiger partial charge in [0.05, 0.1) is 11.4 Å². The van der Waals surface area contributed by atoms with E-state index in [2.05, 4.69) is 10.3 Å². The average molecular weight is 285 g/mol. The molecule has 0 fully saturated rings. The van der Waals surface area contributed by atoms with Crippen LogP contribution in [0.15, 0.2) is 11.4 Å². The van der Waals surface area contributed by atoms with E-state index in [-0.39, 0.29) is 23.7 Å². The molecule has 0 saturated heterocycles. The van der Waals surface area contributed by atoms with Crippen LogP contribution in [0.25, 0.3) is 0 Å². The zero-order valence-electron chi connectivity index (χ0n) is 11.6. The Bertz CT molecular complexity index is 477. The van der Waals surface area contributed by atoms with Crippen LogP contribution < -0.4 is 5.32 Å². The molecular weight excluding hydrogens is 266 g/mol. The van der Waals surface area contributed by atoms with E-state index in [1.165, 1.54) is 0 Å². The zero-order chi connectivity index (χ0) is 14.6. The smallest absolute Gasteiger partial charge is 0.313 e. The summed E-state index contributed by atoms with van der Waals surface area (Å²) in [7, 11) is 0. The van der Waals surface area contributed by atoms with Gasteiger partial charge in [0.2, 0.25) is 5.91 Å². The predicted octanol–water partition coefficient (Wildman–Crippen LogP) is 1.28. The van der Waals surface area contributed by atoms with Gasteiger partial charge in [0.1, 0.15) is 6.54 Å². The van der Waals surface area contributed by atoms with Crippen molar-refractivity contribution in [3.63, 3.8) is 0 Å². The maximum Gasteiger partial charge on any atom is 0.313 e. The SMILES string of the molecule is Cc1cn(CC(=O)NC(C)(C)C)c(SCC(=O)O)n1. The third-order valence-electron chi connectivity index (χ3n) is 2.01. The Morgan fingerprint density at radius 3 is 2.63 bits per heavy atom. The minimum Gasteiger partial charge on any atom is -0.481 e. The molecule has 1 aromatic rings. The highest BCUT2D eigenvalue weighted by Crippen LogP contribution is 2.17. The number of carboxylic acid groups (broad SMARTS) is 1. The van der Waals surface area contributed by atoms with Crippen molar-refractivity contribution < 1.29 is 14.7 Å². The summed E-state index contributed by atoms with van der Waals surface area (Å²) in [6.07, 6.45) is 1.74. The van der Waals surface area contributed by atoms with E-state index in [9.17, 15) is 9.59 Å². The molecule has 2 N–H and O–H groups in total. The Kier molecular flexibility index (Phi) is 4.99. The quantitative estimate of drug-likeness (QED) is 0.796. The fraction of sp³-hybridized carbons (Fsp3) is 0.583. The molecule has 0 aliphatic rings. The third kappa shape index (κ3) is 5.78. The van der Waals surface area contributed by atoms with Crippen LogP contribution in [0.1, 0.15) is 26.5 Å². The van der Waals surface area contributed by atoms with Crippen molar-refractivity contribution >= 4 is 23.6 Å². The van der Waals surface area contributed by atoms with Crippen LogP contribution in [0.5, 0.6) is 0 Å². The molecule has 1 heterocycles. The molecular formula is C12H19N3O3S. The highest BCUT2D eigenvalue weighted by molar-refractivity contribution is 7.99. The molecule has 0 saturated carbocycles. The number of aromatic nitrogens is 2. The molecule has 0 aliphatic heterocycles. The Morgan fingerprint density at radius 2 is 2.11 bits per heavy atom. The molecule has 0 atom stereocenters. The molecule has 0 unspecified atom stereocenters. The first-order valence-electron chi connectivity index (χ1n) is 5.87. The van der Waals surface area contributed by atoms with E-state index >= 15 is 0 Å². The summed E-state index contributed by atoms with van der Waals surface area (Å²) < 4.78 is 1.67. The Hall–Kier alpha value is -1.50. The summed E-state index contributed by atoms with van der Waals surface area (Å²) in [5.41, 5.74) is 0.470. The Morgan fingerprint density at radius 1 is 1.47 bits per heavy atom. The third-order valence-corrected chi connectivity index (χ3v) is 2.99. The Labute approximate surface area is 116 Å². The molecule has 0 aliphatic carbocycles. The van der Waals surface area contributed by atoms with Crippen molar-refractivity contribution in [2.75, 3.05) is 5.75 Å². The molecule has 0 bridgehead atoms. The molecule has 1 aromatic heterocycles. The van der Waals surface area contributed by atoms with Gasteiger partial charge in [-0.3, -0.25) is 9.59 Å². The lowest BCUT2D eigenvalue weighted by molar-refractivity contribution is -0.134. The number of aliphatic carboxylic acids is 1. The van der Waals surface area contributed by atoms with Crippen LogP contribution in [0.3, 0.4) is 0 Å². The van der Waals surface area contributed by atoms with Crippen molar-refractivity contribution in [3.8, 4) is 0 Å². The van der Waals surface area contributed by atoms with Crippen LogP contribution >= 0.6 is 11.8 Å². The monoisotopic (exact) mass is 285 g/mol. The highest BCUT2D eigenvalue weighted by Gasteiger charge is 2.16. The number of hydrogen-bond acceptors (Lipinski definition) is 4. The van der Waals surface area contributed by atoms with Gasteiger partial charge in [-0.25, -0.2) is 4.98 Å². The van der Waals surface area contributed by atoms with Gasteiger partial charge in [-0.15, -0.1) is 0 Å². The first-order chi connectivity index (χ1) is 8.67. The lowest BCUT2D eigenvalue weighted by atomic mass is 10.1. The molecule has 106 valence electrons. The number of amides is 1. The van der Waals surface area contributed by atoms with Gasteiger partial charge in [-0.1, -0.05) is 11.8 Å². The summed E-state index contributed by atoms with van der Waals surface area (Å²) in [6.45, 7) is 7.67. The van der Waals surface area contributed by atoms with Crippen LogP contribution in [-0.2, 0) is 16.1 Å². The summed E-state index contributed by atoms with van der Waals surface area (Å²) in [5.74, 6) is -1.10. The second-order valence-electron chi connectivity index (χ2n) is 5.27. The number of hydrogen-bond donors (Lipinski definition) is 2. The fourth-order valence-corrected chi connectivity index (χ4v) is 2.24. The number of rotatable bonds is 5. The molecule has 19 heavy (non-hydrogen) atoms. The lowest BCUT2D eigenvalue weighted by Crippen LogP contribution is -2.42. The number of aryl methyl sites for hydroxylation is 1. The van der Waals surface area contributed by atoms with Crippen LogP contribution in [0.4, 0.5) is 0 Å². The van der Waals surface area contributed by atoms with Gasteiger partial charge in [0.25, 0.3) is 0 Å². The van der Waals surface area contributed by atoms with E-state index < -0.39 is 5.97 Å². The van der Waals surface area contributed by atoms with Gasteiger partial charge < -0.3 is 15.0 Å². The highest BCUT2D eigenvalue weighted by atomic mass is 32.2. The zero-order valence-corrected chi connectivity index (χ0v) is 12.4. The van der Waals surface area contributed by atoms with Crippen LogP contribution in [-0.4, -0.2) is 37.8 Å². The van der Waals surface area contributed by atoms with Crippen LogP contribution in [0, 0.1) is 6.92 Å². The van der Waals surface area contributed by atoms with Crippen molar-refractivity contribution in [2.24, 2.45) is 0 Å². The van der Waals surface area contributed by atoms with Gasteiger partial charge in [0, 0.05) is 11.7 Å². The first kappa shape index (κ1) is 15.6. The fourth-order valence-electron chi connectivity index (χ4n) is 1.49. The predicted molar refractivity (Wildman–Crippen MR) is 73.2 cm³/mol. The van der Waals surface area contributed by atoms with Gasteiger partial charge in [0.15, 0.2) is 5.16 Å². The van der Waals surface area contributed by atoms with E-state index in [1.54, 1.807) is 10.8 Å². The van der Waals surface area contributed by atoms with Crippen molar-refractivity contribution in [3.05, 3.63) is 11.9 Å². The second kappa shape index (κ2) is 6.10. The number of nitrogens with one attached hydrogen (secondary N) is 1. The minimum atomic E-state index is -0.906. The second-order valence-corrected chi connectivity index (χ2v) is 6.22. The van der Waals surface area contributed by atoms with Crippen molar-refractivity contribution in [1.29, 1.82) is 0 Å². The minimum absolute atomic E-state index is 0.0721. The number of imidazole rings is 1. The van der Waals surface area contributed by atoms with E-state index in [4.69, 9.17) is 5.11 Å². The summed E-state index contributed by atoms with van der Waals surface area (Å²) >= 11 is 1.11. The largest absolute Gasteiger partial charge is 0.481 e. The van der Waals surface area contributed by atoms with Gasteiger partial charge >= 0.3 is 5.97 Å². The lowest BCUT2D eigenvalue weighted by Gasteiger charge is -2.20. The van der Waals surface area contributed by atoms with Crippen LogP contribution in [0.2, 0.25) is 0 Å². The number of carbonyl (C=O) groups is 2. The molecule has 0 spiro atoms. The maximum absolute atomic E-state index is 11.8. The number of carboxylic acids is 1. The average Bonchev–Trinajstić information content (AvgIpc) is 2.52. The summed E-state index contributed by atoms with van der Waals surface area (Å²) in [5, 5.41) is 12.1. The standard InChI is InChI=1S/C12H19N3O3S/c1-8-5-15(6-9(16)14-12(2,3)4)11(13-8)19-7-10(17)18/h5H,6-7H2,1-4H3,(H,14,16)(H,17,18). The molecule has 6 nitrogen and oxygen atoms in total. The van der Waals surface area contributed by atoms with Crippen molar-refractivity contribution in [2.45, 2.75) is 44.9 Å². The van der Waals surface area contributed by atoms with E-state index in [0.29, 0.717) is 5.16 Å². The first-order valence-corrected chi connectivity index (χ1v) is 6.85. The van der Waals surface area contributed by atoms with Crippen molar-refractivity contribution in [1.82, 2.24) is 14.9 Å². The molecule has 0 radical (unpaired) electrons.